The molecule has 1 aromatic carbocycles. The van der Waals surface area contributed by atoms with E-state index in [1.807, 2.05) is 12.1 Å². The number of benzene rings is 1. The molecule has 2 rings (SSSR count). The van der Waals surface area contributed by atoms with Crippen molar-refractivity contribution in [2.75, 3.05) is 0 Å². The topological polar surface area (TPSA) is 53.1 Å². The van der Waals surface area contributed by atoms with Crippen LogP contribution in [-0.4, -0.2) is 10.1 Å². The minimum Gasteiger partial charge on any atom is -0.386 e. The van der Waals surface area contributed by atoms with E-state index in [1.165, 1.54) is 6.07 Å². The second-order valence-corrected chi connectivity index (χ2v) is 5.21. The fourth-order valence-electron chi connectivity index (χ4n) is 1.74. The van der Waals surface area contributed by atoms with Crippen molar-refractivity contribution in [3.8, 4) is 0 Å². The van der Waals surface area contributed by atoms with Gasteiger partial charge in [-0.1, -0.05) is 15.9 Å². The number of aromatic nitrogens is 1. The molecule has 1 aromatic heterocycles. The lowest BCUT2D eigenvalue weighted by Crippen LogP contribution is -2.17. The molecule has 0 aliphatic carbocycles. The second-order valence-electron chi connectivity index (χ2n) is 4.30. The smallest absolute Gasteiger partial charge is 0.248 e. The Hall–Kier alpha value is -1.13. The van der Waals surface area contributed by atoms with Crippen molar-refractivity contribution < 1.29 is 5.11 Å². The van der Waals surface area contributed by atoms with E-state index in [-0.39, 0.29) is 5.56 Å². The Bertz CT molecular complexity index is 596. The molecule has 0 aliphatic rings. The molecule has 1 heterocycles. The number of halogens is 1. The van der Waals surface area contributed by atoms with Crippen LogP contribution >= 0.6 is 15.9 Å². The monoisotopic (exact) mass is 281 g/mol. The van der Waals surface area contributed by atoms with E-state index in [0.717, 1.165) is 20.9 Å². The zero-order chi connectivity index (χ0) is 11.9. The van der Waals surface area contributed by atoms with Gasteiger partial charge in [0.1, 0.15) is 0 Å². The van der Waals surface area contributed by atoms with Crippen LogP contribution in [0.4, 0.5) is 0 Å². The van der Waals surface area contributed by atoms with Gasteiger partial charge in [-0.15, -0.1) is 0 Å². The minimum absolute atomic E-state index is 0.146. The Balaban J connectivity index is 2.89. The van der Waals surface area contributed by atoms with E-state index in [1.54, 1.807) is 19.9 Å². The summed E-state index contributed by atoms with van der Waals surface area (Å²) in [6.45, 7) is 3.44. The van der Waals surface area contributed by atoms with Crippen LogP contribution in [-0.2, 0) is 5.60 Å². The second kappa shape index (κ2) is 3.71. The first-order valence-electron chi connectivity index (χ1n) is 4.93. The van der Waals surface area contributed by atoms with E-state index >= 15 is 0 Å². The maximum absolute atomic E-state index is 11.2. The first kappa shape index (κ1) is 11.4. The molecular formula is C12H12BrNO2. The first-order valence-corrected chi connectivity index (χ1v) is 5.73. The average Bonchev–Trinajstić information content (AvgIpc) is 2.14. The Kier molecular flexibility index (Phi) is 2.64. The molecule has 0 amide bonds. The van der Waals surface area contributed by atoms with Crippen molar-refractivity contribution in [3.63, 3.8) is 0 Å². The highest BCUT2D eigenvalue weighted by atomic mass is 79.9. The zero-order valence-corrected chi connectivity index (χ0v) is 10.6. The van der Waals surface area contributed by atoms with Crippen LogP contribution in [0.1, 0.15) is 19.4 Å². The summed E-state index contributed by atoms with van der Waals surface area (Å²) in [5.74, 6) is 0. The van der Waals surface area contributed by atoms with E-state index in [9.17, 15) is 9.90 Å². The van der Waals surface area contributed by atoms with E-state index in [0.29, 0.717) is 0 Å². The van der Waals surface area contributed by atoms with E-state index in [2.05, 4.69) is 20.9 Å². The molecule has 0 saturated carbocycles. The van der Waals surface area contributed by atoms with Crippen molar-refractivity contribution in [2.24, 2.45) is 0 Å². The maximum atomic E-state index is 11.2. The van der Waals surface area contributed by atoms with Gasteiger partial charge in [-0.2, -0.15) is 0 Å². The Morgan fingerprint density at radius 1 is 1.31 bits per heavy atom. The number of rotatable bonds is 1. The number of hydrogen-bond acceptors (Lipinski definition) is 2. The minimum atomic E-state index is -0.944. The number of fused-ring (bicyclic) bond motifs is 1. The maximum Gasteiger partial charge on any atom is 0.248 e. The zero-order valence-electron chi connectivity index (χ0n) is 9.04. The molecule has 0 spiro atoms. The SMILES string of the molecule is CC(C)(O)c1cc(Br)cc2[nH]c(=O)ccc12. The summed E-state index contributed by atoms with van der Waals surface area (Å²) in [6, 6.07) is 6.88. The molecule has 0 radical (unpaired) electrons. The summed E-state index contributed by atoms with van der Waals surface area (Å²) in [7, 11) is 0. The molecule has 3 nitrogen and oxygen atoms in total. The highest BCUT2D eigenvalue weighted by molar-refractivity contribution is 9.10. The van der Waals surface area contributed by atoms with Gasteiger partial charge in [0.05, 0.1) is 5.60 Å². The molecule has 0 bridgehead atoms. The van der Waals surface area contributed by atoms with Crippen molar-refractivity contribution in [2.45, 2.75) is 19.4 Å². The molecule has 0 unspecified atom stereocenters. The summed E-state index contributed by atoms with van der Waals surface area (Å²) >= 11 is 3.37. The van der Waals surface area contributed by atoms with E-state index < -0.39 is 5.60 Å². The molecule has 84 valence electrons. The molecule has 4 heteroatoms. The lowest BCUT2D eigenvalue weighted by molar-refractivity contribution is 0.0801. The van der Waals surface area contributed by atoms with Crippen LogP contribution in [0.25, 0.3) is 10.9 Å². The third-order valence-corrected chi connectivity index (χ3v) is 2.92. The summed E-state index contributed by atoms with van der Waals surface area (Å²) in [5.41, 5.74) is 0.416. The third kappa shape index (κ3) is 2.03. The molecule has 16 heavy (non-hydrogen) atoms. The van der Waals surface area contributed by atoms with Crippen molar-refractivity contribution >= 4 is 26.8 Å². The molecule has 0 aliphatic heterocycles. The Morgan fingerprint density at radius 2 is 2.00 bits per heavy atom. The first-order chi connectivity index (χ1) is 7.38. The molecular weight excluding hydrogens is 270 g/mol. The highest BCUT2D eigenvalue weighted by Gasteiger charge is 2.19. The fraction of sp³-hybridized carbons (Fsp3) is 0.250. The summed E-state index contributed by atoms with van der Waals surface area (Å²) in [4.78, 5) is 14.0. The number of pyridine rings is 1. The Morgan fingerprint density at radius 3 is 2.62 bits per heavy atom. The fourth-order valence-corrected chi connectivity index (χ4v) is 2.20. The lowest BCUT2D eigenvalue weighted by Gasteiger charge is -2.20. The van der Waals surface area contributed by atoms with Gasteiger partial charge in [-0.3, -0.25) is 4.79 Å². The van der Waals surface area contributed by atoms with Crippen LogP contribution in [0.2, 0.25) is 0 Å². The highest BCUT2D eigenvalue weighted by Crippen LogP contribution is 2.30. The summed E-state index contributed by atoms with van der Waals surface area (Å²) in [5, 5.41) is 10.9. The van der Waals surface area contributed by atoms with Gasteiger partial charge < -0.3 is 10.1 Å². The third-order valence-electron chi connectivity index (χ3n) is 2.46. The molecule has 2 aromatic rings. The van der Waals surface area contributed by atoms with Crippen LogP contribution in [0, 0.1) is 0 Å². The van der Waals surface area contributed by atoms with Crippen molar-refractivity contribution in [1.29, 1.82) is 0 Å². The van der Waals surface area contributed by atoms with Crippen molar-refractivity contribution in [1.82, 2.24) is 4.98 Å². The van der Waals surface area contributed by atoms with Gasteiger partial charge in [-0.05, 0) is 37.6 Å². The van der Waals surface area contributed by atoms with Gasteiger partial charge >= 0.3 is 0 Å². The van der Waals surface area contributed by atoms with Gasteiger partial charge in [0.15, 0.2) is 0 Å². The largest absolute Gasteiger partial charge is 0.386 e. The number of aromatic amines is 1. The predicted molar refractivity (Wildman–Crippen MR) is 67.5 cm³/mol. The van der Waals surface area contributed by atoms with Gasteiger partial charge in [0.25, 0.3) is 0 Å². The van der Waals surface area contributed by atoms with E-state index in [4.69, 9.17) is 0 Å². The molecule has 2 N–H and O–H groups in total. The molecule has 0 fully saturated rings. The number of aliphatic hydroxyl groups is 1. The predicted octanol–water partition coefficient (Wildman–Crippen LogP) is 2.52. The summed E-state index contributed by atoms with van der Waals surface area (Å²) < 4.78 is 0.832. The van der Waals surface area contributed by atoms with Gasteiger partial charge in [0, 0.05) is 21.4 Å². The number of hydrogen-bond donors (Lipinski definition) is 2. The lowest BCUT2D eigenvalue weighted by atomic mass is 9.94. The normalized spacial score (nSPS) is 12.0. The van der Waals surface area contributed by atoms with Crippen LogP contribution in [0.5, 0.6) is 0 Å². The molecule has 0 atom stereocenters. The van der Waals surface area contributed by atoms with Crippen LogP contribution in [0.15, 0.2) is 33.5 Å². The van der Waals surface area contributed by atoms with Crippen molar-refractivity contribution in [3.05, 3.63) is 44.7 Å². The number of nitrogens with one attached hydrogen (secondary N) is 1. The number of H-pyrrole nitrogens is 1. The Labute approximate surface area is 101 Å². The quantitative estimate of drug-likeness (QED) is 0.844. The van der Waals surface area contributed by atoms with Crippen LogP contribution in [0.3, 0.4) is 0 Å². The summed E-state index contributed by atoms with van der Waals surface area (Å²) in [6.07, 6.45) is 0. The van der Waals surface area contributed by atoms with Gasteiger partial charge in [-0.25, -0.2) is 0 Å². The van der Waals surface area contributed by atoms with Crippen LogP contribution < -0.4 is 5.56 Å². The van der Waals surface area contributed by atoms with Gasteiger partial charge in [0.2, 0.25) is 5.56 Å². The standard InChI is InChI=1S/C12H12BrNO2/c1-12(2,16)9-5-7(13)6-10-8(9)3-4-11(15)14-10/h3-6,16H,1-2H3,(H,14,15). The molecule has 0 saturated heterocycles. The average molecular weight is 282 g/mol.